The molecule has 0 aromatic carbocycles. The van der Waals surface area contributed by atoms with Gasteiger partial charge in [-0.1, -0.05) is 203 Å². The summed E-state index contributed by atoms with van der Waals surface area (Å²) >= 11 is 0. The van der Waals surface area contributed by atoms with Crippen molar-refractivity contribution in [2.45, 2.75) is 258 Å². The molecule has 0 aliphatic carbocycles. The molecule has 5 heteroatoms. The first kappa shape index (κ1) is 59.3. The molecule has 0 spiro atoms. The van der Waals surface area contributed by atoms with Crippen LogP contribution < -0.4 is 0 Å². The maximum atomic E-state index is 12.8. The van der Waals surface area contributed by atoms with Crippen LogP contribution in [0, 0.1) is 0 Å². The second-order valence-corrected chi connectivity index (χ2v) is 17.4. The van der Waals surface area contributed by atoms with Crippen LogP contribution in [0.1, 0.15) is 252 Å². The Morgan fingerprint density at radius 3 is 1.23 bits per heavy atom. The molecule has 0 rings (SSSR count). The summed E-state index contributed by atoms with van der Waals surface area (Å²) in [5.74, 6) is -0.436. The van der Waals surface area contributed by atoms with Gasteiger partial charge in [-0.15, -0.1) is 0 Å². The third kappa shape index (κ3) is 50.0. The van der Waals surface area contributed by atoms with Crippen LogP contribution in [-0.4, -0.2) is 37.9 Å². The summed E-state index contributed by atoms with van der Waals surface area (Å²) in [4.78, 5) is 25.4. The minimum atomic E-state index is -0.558. The van der Waals surface area contributed by atoms with E-state index in [0.717, 1.165) is 83.5 Å². The highest BCUT2D eigenvalue weighted by atomic mass is 16.6. The normalized spacial score (nSPS) is 12.8. The van der Waals surface area contributed by atoms with E-state index in [-0.39, 0.29) is 25.2 Å². The van der Waals surface area contributed by atoms with E-state index < -0.39 is 6.10 Å². The third-order valence-electron chi connectivity index (χ3n) is 11.2. The molecule has 0 aliphatic rings. The van der Waals surface area contributed by atoms with Crippen molar-refractivity contribution < 1.29 is 23.8 Å². The lowest BCUT2D eigenvalue weighted by Crippen LogP contribution is -2.30. The van der Waals surface area contributed by atoms with Crippen LogP contribution in [0.4, 0.5) is 0 Å². The molecular formula is C57H100O5. The van der Waals surface area contributed by atoms with Crippen molar-refractivity contribution in [1.82, 2.24) is 0 Å². The third-order valence-corrected chi connectivity index (χ3v) is 11.2. The van der Waals surface area contributed by atoms with Crippen LogP contribution in [0.15, 0.2) is 72.9 Å². The van der Waals surface area contributed by atoms with Crippen molar-refractivity contribution in [2.24, 2.45) is 0 Å². The summed E-state index contributed by atoms with van der Waals surface area (Å²) in [5, 5.41) is 0. The van der Waals surface area contributed by atoms with Crippen molar-refractivity contribution >= 4 is 11.9 Å². The van der Waals surface area contributed by atoms with Gasteiger partial charge < -0.3 is 14.2 Å². The number of rotatable bonds is 48. The van der Waals surface area contributed by atoms with Gasteiger partial charge in [0.15, 0.2) is 6.10 Å². The lowest BCUT2D eigenvalue weighted by molar-refractivity contribution is -0.163. The zero-order valence-electron chi connectivity index (χ0n) is 41.1. The average molecular weight is 865 g/mol. The van der Waals surface area contributed by atoms with Crippen LogP contribution in [-0.2, 0) is 23.8 Å². The minimum absolute atomic E-state index is 0.0673. The Morgan fingerprint density at radius 2 is 0.726 bits per heavy atom. The molecule has 358 valence electrons. The Morgan fingerprint density at radius 1 is 0.371 bits per heavy atom. The monoisotopic (exact) mass is 865 g/mol. The molecule has 0 fully saturated rings. The molecule has 5 nitrogen and oxygen atoms in total. The summed E-state index contributed by atoms with van der Waals surface area (Å²) in [6.45, 7) is 7.64. The van der Waals surface area contributed by atoms with Gasteiger partial charge in [0.25, 0.3) is 0 Å². The van der Waals surface area contributed by atoms with Gasteiger partial charge in [0.1, 0.15) is 6.61 Å². The van der Waals surface area contributed by atoms with Crippen LogP contribution >= 0.6 is 0 Å². The zero-order valence-corrected chi connectivity index (χ0v) is 41.1. The first-order valence-corrected chi connectivity index (χ1v) is 26.5. The van der Waals surface area contributed by atoms with E-state index in [0.29, 0.717) is 19.4 Å². The van der Waals surface area contributed by atoms with Crippen LogP contribution in [0.5, 0.6) is 0 Å². The van der Waals surface area contributed by atoms with Gasteiger partial charge in [0.2, 0.25) is 0 Å². The summed E-state index contributed by atoms with van der Waals surface area (Å²) in [6.07, 6.45) is 67.7. The number of hydrogen-bond acceptors (Lipinski definition) is 5. The van der Waals surface area contributed by atoms with E-state index in [9.17, 15) is 9.59 Å². The molecular weight excluding hydrogens is 765 g/mol. The number of unbranched alkanes of at least 4 members (excludes halogenated alkanes) is 25. The van der Waals surface area contributed by atoms with Gasteiger partial charge in [-0.05, 0) is 109 Å². The fourth-order valence-electron chi connectivity index (χ4n) is 7.25. The second kappa shape index (κ2) is 52.7. The molecule has 62 heavy (non-hydrogen) atoms. The van der Waals surface area contributed by atoms with Crippen molar-refractivity contribution in [3.8, 4) is 0 Å². The number of esters is 2. The van der Waals surface area contributed by atoms with E-state index >= 15 is 0 Å². The molecule has 0 radical (unpaired) electrons. The molecule has 0 heterocycles. The Labute approximate surface area is 385 Å². The number of allylic oxidation sites excluding steroid dienone is 12. The highest BCUT2D eigenvalue weighted by Gasteiger charge is 2.17. The Kier molecular flexibility index (Phi) is 50.4. The fraction of sp³-hybridized carbons (Fsp3) is 0.754. The molecule has 0 amide bonds. The fourth-order valence-corrected chi connectivity index (χ4v) is 7.25. The number of carbonyl (C=O) groups excluding carboxylic acids is 2. The smallest absolute Gasteiger partial charge is 0.306 e. The molecule has 1 unspecified atom stereocenters. The molecule has 0 saturated carbocycles. The topological polar surface area (TPSA) is 61.8 Å². The molecule has 1 atom stereocenters. The summed E-state index contributed by atoms with van der Waals surface area (Å²) in [6, 6.07) is 0. The van der Waals surface area contributed by atoms with Crippen LogP contribution in [0.3, 0.4) is 0 Å². The van der Waals surface area contributed by atoms with Gasteiger partial charge in [-0.25, -0.2) is 0 Å². The first-order chi connectivity index (χ1) is 30.6. The zero-order chi connectivity index (χ0) is 44.9. The van der Waals surface area contributed by atoms with E-state index in [4.69, 9.17) is 14.2 Å². The molecule has 0 saturated heterocycles. The average Bonchev–Trinajstić information content (AvgIpc) is 3.27. The molecule has 0 bridgehead atoms. The highest BCUT2D eigenvalue weighted by Crippen LogP contribution is 2.14. The molecule has 0 N–H and O–H groups in total. The first-order valence-electron chi connectivity index (χ1n) is 26.5. The predicted octanol–water partition coefficient (Wildman–Crippen LogP) is 17.9. The van der Waals surface area contributed by atoms with Gasteiger partial charge in [0, 0.05) is 19.4 Å². The van der Waals surface area contributed by atoms with Gasteiger partial charge >= 0.3 is 11.9 Å². The van der Waals surface area contributed by atoms with Gasteiger partial charge in [-0.2, -0.15) is 0 Å². The minimum Gasteiger partial charge on any atom is -0.462 e. The van der Waals surface area contributed by atoms with Crippen molar-refractivity contribution in [1.29, 1.82) is 0 Å². The lowest BCUT2D eigenvalue weighted by Gasteiger charge is -2.18. The van der Waals surface area contributed by atoms with Crippen molar-refractivity contribution in [2.75, 3.05) is 19.8 Å². The van der Waals surface area contributed by atoms with Gasteiger partial charge in [-0.3, -0.25) is 9.59 Å². The number of hydrogen-bond donors (Lipinski definition) is 0. The van der Waals surface area contributed by atoms with Crippen molar-refractivity contribution in [3.63, 3.8) is 0 Å². The second-order valence-electron chi connectivity index (χ2n) is 17.4. The van der Waals surface area contributed by atoms with E-state index in [1.807, 2.05) is 0 Å². The number of ether oxygens (including phenoxy) is 3. The SMILES string of the molecule is CC/C=C\C/C=C\C/C=C\CCCCCC(=O)OC(COCCCCCCCC/C=C\CCCCCC)COC(=O)CCCCCCCCCCC/C=C\C/C=C\CCCCC. The standard InChI is InChI=1S/C57H100O5/c1-4-7-10-13-16-19-22-25-27-28-29-30-31-33-35-38-41-44-47-50-56(58)61-54-55(53-60-52-49-46-43-40-37-34-26-23-20-17-14-11-8-5-2)62-57(59)51-48-45-42-39-36-32-24-21-18-15-12-9-6-3/h9,12,16,18-21,23,25,27,32,36,55H,4-8,10-11,13-15,17,22,24,26,28-31,33-35,37-54H2,1-3H3/b12-9-,19-16-,21-18-,23-20-,27-25-,36-32-. The highest BCUT2D eigenvalue weighted by molar-refractivity contribution is 5.70. The van der Waals surface area contributed by atoms with Gasteiger partial charge in [0.05, 0.1) is 6.61 Å². The lowest BCUT2D eigenvalue weighted by atomic mass is 10.1. The Hall–Kier alpha value is -2.66. The maximum Gasteiger partial charge on any atom is 0.306 e. The molecule has 0 aromatic rings. The van der Waals surface area contributed by atoms with E-state index in [1.165, 1.54) is 135 Å². The largest absolute Gasteiger partial charge is 0.462 e. The molecule has 0 aromatic heterocycles. The number of carbonyl (C=O) groups is 2. The quantitative estimate of drug-likeness (QED) is 0.0346. The van der Waals surface area contributed by atoms with E-state index in [2.05, 4.69) is 93.7 Å². The predicted molar refractivity (Wildman–Crippen MR) is 270 cm³/mol. The maximum absolute atomic E-state index is 12.8. The Bertz CT molecular complexity index is 1110. The summed E-state index contributed by atoms with van der Waals surface area (Å²) < 4.78 is 17.4. The Balaban J connectivity index is 4.28. The van der Waals surface area contributed by atoms with E-state index in [1.54, 1.807) is 0 Å². The van der Waals surface area contributed by atoms with Crippen LogP contribution in [0.2, 0.25) is 0 Å². The summed E-state index contributed by atoms with van der Waals surface area (Å²) in [7, 11) is 0. The van der Waals surface area contributed by atoms with Crippen molar-refractivity contribution in [3.05, 3.63) is 72.9 Å². The molecule has 0 aliphatic heterocycles. The van der Waals surface area contributed by atoms with Crippen LogP contribution in [0.25, 0.3) is 0 Å². The summed E-state index contributed by atoms with van der Waals surface area (Å²) in [5.41, 5.74) is 0.